The van der Waals surface area contributed by atoms with Gasteiger partial charge in [-0.15, -0.1) is 0 Å². The third-order valence-electron chi connectivity index (χ3n) is 6.39. The first kappa shape index (κ1) is 29.2. The molecule has 0 radical (unpaired) electrons. The van der Waals surface area contributed by atoms with Crippen molar-refractivity contribution in [2.75, 3.05) is 27.4 Å². The van der Waals surface area contributed by atoms with Crippen molar-refractivity contribution < 1.29 is 36.7 Å². The number of halogens is 4. The van der Waals surface area contributed by atoms with E-state index in [4.69, 9.17) is 14.3 Å². The molecule has 1 fully saturated rings. The summed E-state index contributed by atoms with van der Waals surface area (Å²) in [6, 6.07) is 12.9. The highest BCUT2D eigenvalue weighted by molar-refractivity contribution is 5.93. The molecule has 210 valence electrons. The molecule has 4 rings (SSSR count). The maximum Gasteiger partial charge on any atom is 0.277 e. The molecule has 0 unspecified atom stereocenters. The third kappa shape index (κ3) is 6.50. The van der Waals surface area contributed by atoms with Gasteiger partial charge in [-0.3, -0.25) is 9.63 Å². The number of hydroxylamine groups is 2. The Morgan fingerprint density at radius 3 is 1.65 bits per heavy atom. The number of carbonyl (C=O) groups is 1. The van der Waals surface area contributed by atoms with Crippen LogP contribution in [0.1, 0.15) is 58.3 Å². The Morgan fingerprint density at radius 2 is 1.23 bits per heavy atom. The van der Waals surface area contributed by atoms with Crippen LogP contribution in [0.15, 0.2) is 48.5 Å². The van der Waals surface area contributed by atoms with E-state index in [1.54, 1.807) is 24.3 Å². The second kappa shape index (κ2) is 12.2. The highest BCUT2D eigenvalue weighted by Crippen LogP contribution is 2.32. The first-order valence-corrected chi connectivity index (χ1v) is 12.5. The van der Waals surface area contributed by atoms with Crippen molar-refractivity contribution in [2.45, 2.75) is 20.1 Å². The molecular weight excluding hydrogens is 526 g/mol. The Labute approximate surface area is 230 Å². The van der Waals surface area contributed by atoms with E-state index in [1.807, 2.05) is 13.8 Å². The number of ether oxygens (including phenoxy) is 2. The zero-order chi connectivity index (χ0) is 29.0. The SMILES string of the molecule is CON(C)C(=O)c1ccc(/C=C/c2c(F)c(F)c(/C=C/c3ccc(C4OCC(C)(C)CO4)cc3)c(F)c2F)cc1. The fraction of sp³-hybridized carbons (Fsp3) is 0.258. The number of hydrogen-bond acceptors (Lipinski definition) is 4. The third-order valence-corrected chi connectivity index (χ3v) is 6.39. The molecule has 0 atom stereocenters. The first-order valence-electron chi connectivity index (χ1n) is 12.5. The van der Waals surface area contributed by atoms with Crippen LogP contribution in [-0.2, 0) is 14.3 Å². The lowest BCUT2D eigenvalue weighted by atomic mass is 9.95. The molecule has 1 aliphatic heterocycles. The van der Waals surface area contributed by atoms with Gasteiger partial charge in [-0.1, -0.05) is 62.4 Å². The maximum absolute atomic E-state index is 14.8. The van der Waals surface area contributed by atoms with Gasteiger partial charge in [0.05, 0.1) is 31.5 Å². The van der Waals surface area contributed by atoms with E-state index in [-0.39, 0.29) is 5.41 Å². The summed E-state index contributed by atoms with van der Waals surface area (Å²) in [7, 11) is 2.79. The molecule has 3 aromatic rings. The van der Waals surface area contributed by atoms with Crippen molar-refractivity contribution in [3.8, 4) is 0 Å². The standard InChI is InChI=1S/C31H29F4NO4/c1-31(2)17-39-30(40-18-31)22-13-7-20(8-14-22)10-16-24-27(34)25(32)23(26(33)28(24)35)15-9-19-5-11-21(12-6-19)29(37)36(3)38-4/h5-16,30H,17-18H2,1-4H3/b15-9+,16-10+. The molecule has 1 heterocycles. The fourth-order valence-electron chi connectivity index (χ4n) is 3.97. The largest absolute Gasteiger partial charge is 0.348 e. The fourth-order valence-corrected chi connectivity index (χ4v) is 3.97. The van der Waals surface area contributed by atoms with Crippen LogP contribution in [0.5, 0.6) is 0 Å². The van der Waals surface area contributed by atoms with Crippen molar-refractivity contribution >= 4 is 30.2 Å². The van der Waals surface area contributed by atoms with Crippen LogP contribution in [0.2, 0.25) is 0 Å². The molecule has 0 N–H and O–H groups in total. The monoisotopic (exact) mass is 555 g/mol. The molecule has 0 aliphatic carbocycles. The van der Waals surface area contributed by atoms with Gasteiger partial charge < -0.3 is 9.47 Å². The average Bonchev–Trinajstić information content (AvgIpc) is 2.96. The molecule has 40 heavy (non-hydrogen) atoms. The molecule has 9 heteroatoms. The molecule has 0 bridgehead atoms. The Morgan fingerprint density at radius 1 is 0.800 bits per heavy atom. The molecule has 1 saturated heterocycles. The summed E-state index contributed by atoms with van der Waals surface area (Å²) in [6.07, 6.45) is 4.06. The maximum atomic E-state index is 14.8. The van der Waals surface area contributed by atoms with Crippen LogP contribution in [0.3, 0.4) is 0 Å². The van der Waals surface area contributed by atoms with E-state index in [2.05, 4.69) is 0 Å². The normalized spacial score (nSPS) is 15.7. The Kier molecular flexibility index (Phi) is 8.88. The van der Waals surface area contributed by atoms with E-state index >= 15 is 0 Å². The number of benzene rings is 3. The molecule has 3 aromatic carbocycles. The first-order chi connectivity index (χ1) is 19.0. The van der Waals surface area contributed by atoms with Gasteiger partial charge in [0, 0.05) is 23.6 Å². The van der Waals surface area contributed by atoms with Gasteiger partial charge in [0.15, 0.2) is 29.6 Å². The highest BCUT2D eigenvalue weighted by atomic mass is 19.2. The van der Waals surface area contributed by atoms with Crippen molar-refractivity contribution in [1.82, 2.24) is 5.06 Å². The molecule has 1 amide bonds. The van der Waals surface area contributed by atoms with Crippen LogP contribution in [0.25, 0.3) is 24.3 Å². The second-order valence-corrected chi connectivity index (χ2v) is 10.1. The molecule has 0 saturated carbocycles. The molecule has 5 nitrogen and oxygen atoms in total. The van der Waals surface area contributed by atoms with Crippen molar-refractivity contribution in [3.63, 3.8) is 0 Å². The van der Waals surface area contributed by atoms with Gasteiger partial charge in [-0.25, -0.2) is 22.6 Å². The van der Waals surface area contributed by atoms with Gasteiger partial charge in [-0.2, -0.15) is 0 Å². The van der Waals surface area contributed by atoms with Gasteiger partial charge >= 0.3 is 0 Å². The zero-order valence-corrected chi connectivity index (χ0v) is 22.5. The number of amides is 1. The van der Waals surface area contributed by atoms with E-state index in [9.17, 15) is 22.4 Å². The van der Waals surface area contributed by atoms with Crippen molar-refractivity contribution in [2.24, 2.45) is 5.41 Å². The quantitative estimate of drug-likeness (QED) is 0.133. The van der Waals surface area contributed by atoms with Crippen LogP contribution in [0, 0.1) is 28.7 Å². The average molecular weight is 556 g/mol. The summed E-state index contributed by atoms with van der Waals surface area (Å²) in [5, 5.41) is 1.04. The predicted molar refractivity (Wildman–Crippen MR) is 145 cm³/mol. The lowest BCUT2D eigenvalue weighted by molar-refractivity contribution is -0.226. The second-order valence-electron chi connectivity index (χ2n) is 10.1. The minimum absolute atomic E-state index is 0.0713. The highest BCUT2D eigenvalue weighted by Gasteiger charge is 2.29. The van der Waals surface area contributed by atoms with E-state index in [1.165, 1.54) is 50.6 Å². The molecule has 1 aliphatic rings. The minimum atomic E-state index is -1.52. The van der Waals surface area contributed by atoms with Crippen LogP contribution >= 0.6 is 0 Å². The lowest BCUT2D eigenvalue weighted by Gasteiger charge is -2.34. The molecular formula is C31H29F4NO4. The lowest BCUT2D eigenvalue weighted by Crippen LogP contribution is -2.33. The summed E-state index contributed by atoms with van der Waals surface area (Å²) >= 11 is 0. The van der Waals surface area contributed by atoms with Gasteiger partial charge in [-0.05, 0) is 35.4 Å². The van der Waals surface area contributed by atoms with Crippen LogP contribution in [0.4, 0.5) is 17.6 Å². The molecule has 0 spiro atoms. The van der Waals surface area contributed by atoms with Crippen LogP contribution in [-0.4, -0.2) is 38.3 Å². The Hall–Kier alpha value is -3.79. The van der Waals surface area contributed by atoms with E-state index < -0.39 is 46.6 Å². The smallest absolute Gasteiger partial charge is 0.277 e. The summed E-state index contributed by atoms with van der Waals surface area (Å²) in [5.41, 5.74) is 0.355. The topological polar surface area (TPSA) is 48.0 Å². The minimum Gasteiger partial charge on any atom is -0.348 e. The van der Waals surface area contributed by atoms with Gasteiger partial charge in [0.2, 0.25) is 0 Å². The number of hydrogen-bond donors (Lipinski definition) is 0. The number of carbonyl (C=O) groups excluding carboxylic acids is 1. The van der Waals surface area contributed by atoms with Gasteiger partial charge in [0.25, 0.3) is 5.91 Å². The molecule has 0 aromatic heterocycles. The summed E-state index contributed by atoms with van der Waals surface area (Å²) in [5.74, 6) is -6.46. The van der Waals surface area contributed by atoms with E-state index in [0.29, 0.717) is 29.9 Å². The van der Waals surface area contributed by atoms with Crippen molar-refractivity contribution in [1.29, 1.82) is 0 Å². The summed E-state index contributed by atoms with van der Waals surface area (Å²) in [6.45, 7) is 5.16. The number of rotatable bonds is 7. The summed E-state index contributed by atoms with van der Waals surface area (Å²) in [4.78, 5) is 16.9. The van der Waals surface area contributed by atoms with Crippen LogP contribution < -0.4 is 0 Å². The number of nitrogens with zero attached hydrogens (tertiary/aromatic N) is 1. The Balaban J connectivity index is 1.50. The predicted octanol–water partition coefficient (Wildman–Crippen LogP) is 7.29. The zero-order valence-electron chi connectivity index (χ0n) is 22.5. The Bertz CT molecular complexity index is 1390. The van der Waals surface area contributed by atoms with E-state index in [0.717, 1.165) is 22.8 Å². The van der Waals surface area contributed by atoms with Gasteiger partial charge in [0.1, 0.15) is 0 Å². The van der Waals surface area contributed by atoms with Crippen molar-refractivity contribution in [3.05, 3.63) is 105 Å². The summed E-state index contributed by atoms with van der Waals surface area (Å²) < 4.78 is 70.7.